The molecule has 0 saturated carbocycles. The average molecular weight is 161 g/mol. The quantitative estimate of drug-likeness (QED) is 0.602. The number of aromatic hydroxyl groups is 1. The molecule has 2 N–H and O–H groups in total. The van der Waals surface area contributed by atoms with E-state index >= 15 is 0 Å². The third kappa shape index (κ3) is 1.25. The Hall–Kier alpha value is -1.89. The van der Waals surface area contributed by atoms with Crippen LogP contribution >= 0.6 is 0 Å². The summed E-state index contributed by atoms with van der Waals surface area (Å²) in [4.78, 5) is 3.80. The molecular formula is C8H7N3O. The number of rotatable bonds is 1. The first-order valence-electron chi connectivity index (χ1n) is 3.30. The normalized spacial score (nSPS) is 9.00. The molecule has 0 spiro atoms. The van der Waals surface area contributed by atoms with E-state index in [1.54, 1.807) is 13.0 Å². The number of aryl methyl sites for hydroxylation is 1. The van der Waals surface area contributed by atoms with Gasteiger partial charge in [0.15, 0.2) is 0 Å². The van der Waals surface area contributed by atoms with Crippen LogP contribution in [0.3, 0.4) is 0 Å². The molecular weight excluding hydrogens is 154 g/mol. The Bertz CT molecular complexity index is 365. The van der Waals surface area contributed by atoms with Crippen LogP contribution in [-0.4, -0.2) is 15.8 Å². The van der Waals surface area contributed by atoms with Gasteiger partial charge >= 0.3 is 0 Å². The molecule has 0 amide bonds. The van der Waals surface area contributed by atoms with E-state index in [-0.39, 0.29) is 17.0 Å². The fourth-order valence-corrected chi connectivity index (χ4v) is 0.821. The predicted molar refractivity (Wildman–Crippen MR) is 43.1 cm³/mol. The molecule has 0 atom stereocenters. The Morgan fingerprint density at radius 2 is 2.42 bits per heavy atom. The topological polar surface area (TPSA) is 80.8 Å². The first-order chi connectivity index (χ1) is 5.66. The van der Waals surface area contributed by atoms with E-state index in [0.29, 0.717) is 5.69 Å². The Kier molecular flexibility index (Phi) is 2.06. The van der Waals surface area contributed by atoms with Gasteiger partial charge in [-0.25, -0.2) is 0 Å². The highest BCUT2D eigenvalue weighted by molar-refractivity contribution is 6.11. The maximum atomic E-state index is 9.34. The summed E-state index contributed by atoms with van der Waals surface area (Å²) in [5.41, 5.74) is 0.399. The molecule has 1 heterocycles. The summed E-state index contributed by atoms with van der Waals surface area (Å²) in [5, 5.41) is 24.9. The number of nitrogens with one attached hydrogen (secondary N) is 1. The van der Waals surface area contributed by atoms with Crippen molar-refractivity contribution >= 4 is 5.71 Å². The van der Waals surface area contributed by atoms with Crippen molar-refractivity contribution < 1.29 is 5.11 Å². The van der Waals surface area contributed by atoms with Crippen molar-refractivity contribution in [1.82, 2.24) is 4.98 Å². The molecule has 60 valence electrons. The van der Waals surface area contributed by atoms with Crippen molar-refractivity contribution in [2.45, 2.75) is 6.92 Å². The Morgan fingerprint density at radius 3 is 3.00 bits per heavy atom. The fourth-order valence-electron chi connectivity index (χ4n) is 0.821. The van der Waals surface area contributed by atoms with Crippen LogP contribution in [-0.2, 0) is 0 Å². The molecule has 4 heteroatoms. The molecule has 1 aromatic heterocycles. The van der Waals surface area contributed by atoms with Crippen molar-refractivity contribution in [3.8, 4) is 11.8 Å². The number of nitriles is 1. The van der Waals surface area contributed by atoms with Gasteiger partial charge in [-0.1, -0.05) is 0 Å². The van der Waals surface area contributed by atoms with Crippen molar-refractivity contribution in [2.75, 3.05) is 0 Å². The summed E-state index contributed by atoms with van der Waals surface area (Å²) in [6.45, 7) is 1.61. The molecule has 12 heavy (non-hydrogen) atoms. The van der Waals surface area contributed by atoms with Crippen molar-refractivity contribution in [3.05, 3.63) is 23.5 Å². The monoisotopic (exact) mass is 161 g/mol. The molecule has 0 aromatic carbocycles. The van der Waals surface area contributed by atoms with Crippen LogP contribution < -0.4 is 0 Å². The van der Waals surface area contributed by atoms with Gasteiger partial charge in [-0.15, -0.1) is 0 Å². The first-order valence-corrected chi connectivity index (χ1v) is 3.30. The standard InChI is InChI=1S/C8H7N3O/c1-5-8(12)6(2-3-11-5)7(10)4-9/h2-3,10,12H,1H3. The molecule has 0 fully saturated rings. The van der Waals surface area contributed by atoms with Crippen molar-refractivity contribution in [2.24, 2.45) is 0 Å². The lowest BCUT2D eigenvalue weighted by Crippen LogP contribution is -1.97. The lowest BCUT2D eigenvalue weighted by Gasteiger charge is -2.01. The average Bonchev–Trinajstić information content (AvgIpc) is 2.08. The van der Waals surface area contributed by atoms with Crippen LogP contribution in [0.4, 0.5) is 0 Å². The maximum absolute atomic E-state index is 9.34. The van der Waals surface area contributed by atoms with Crippen LogP contribution in [0, 0.1) is 23.7 Å². The lowest BCUT2D eigenvalue weighted by molar-refractivity contribution is 0.466. The van der Waals surface area contributed by atoms with Crippen LogP contribution in [0.5, 0.6) is 5.75 Å². The van der Waals surface area contributed by atoms with Gasteiger partial charge in [0.05, 0.1) is 11.3 Å². The molecule has 0 unspecified atom stereocenters. The zero-order chi connectivity index (χ0) is 9.14. The van der Waals surface area contributed by atoms with Gasteiger partial charge in [0.25, 0.3) is 0 Å². The van der Waals surface area contributed by atoms with Crippen molar-refractivity contribution in [1.29, 1.82) is 10.7 Å². The maximum Gasteiger partial charge on any atom is 0.146 e. The third-order valence-corrected chi connectivity index (χ3v) is 1.49. The summed E-state index contributed by atoms with van der Waals surface area (Å²) in [6, 6.07) is 3.08. The first kappa shape index (κ1) is 8.21. The van der Waals surface area contributed by atoms with Gasteiger partial charge in [0.1, 0.15) is 17.5 Å². The Balaban J connectivity index is 3.28. The summed E-state index contributed by atoms with van der Waals surface area (Å²) in [5.74, 6) is -0.0935. The zero-order valence-corrected chi connectivity index (χ0v) is 6.50. The summed E-state index contributed by atoms with van der Waals surface area (Å²) in [7, 11) is 0. The van der Waals surface area contributed by atoms with E-state index in [1.165, 1.54) is 12.3 Å². The summed E-state index contributed by atoms with van der Waals surface area (Å²) in [6.07, 6.45) is 1.45. The molecule has 1 rings (SSSR count). The second kappa shape index (κ2) is 3.01. The van der Waals surface area contributed by atoms with Crippen molar-refractivity contribution in [3.63, 3.8) is 0 Å². The summed E-state index contributed by atoms with van der Waals surface area (Å²) < 4.78 is 0. The smallest absolute Gasteiger partial charge is 0.146 e. The highest BCUT2D eigenvalue weighted by Crippen LogP contribution is 2.18. The summed E-state index contributed by atoms with van der Waals surface area (Å²) >= 11 is 0. The third-order valence-electron chi connectivity index (χ3n) is 1.49. The van der Waals surface area contributed by atoms with Gasteiger partial charge in [-0.2, -0.15) is 5.26 Å². The van der Waals surface area contributed by atoms with Gasteiger partial charge < -0.3 is 5.11 Å². The number of nitrogens with zero attached hydrogens (tertiary/aromatic N) is 2. The minimum absolute atomic E-state index is 0.0935. The highest BCUT2D eigenvalue weighted by atomic mass is 16.3. The van der Waals surface area contributed by atoms with E-state index in [1.807, 2.05) is 0 Å². The second-order valence-corrected chi connectivity index (χ2v) is 2.28. The van der Waals surface area contributed by atoms with Crippen LogP contribution in [0.2, 0.25) is 0 Å². The largest absolute Gasteiger partial charge is 0.505 e. The molecule has 4 nitrogen and oxygen atoms in total. The van der Waals surface area contributed by atoms with Gasteiger partial charge in [-0.3, -0.25) is 10.4 Å². The Morgan fingerprint density at radius 1 is 1.75 bits per heavy atom. The second-order valence-electron chi connectivity index (χ2n) is 2.28. The molecule has 0 aliphatic rings. The number of hydrogen-bond donors (Lipinski definition) is 2. The van der Waals surface area contributed by atoms with E-state index in [0.717, 1.165) is 0 Å². The SMILES string of the molecule is Cc1nccc(C(=N)C#N)c1O. The minimum atomic E-state index is -0.252. The highest BCUT2D eigenvalue weighted by Gasteiger charge is 2.08. The molecule has 0 radical (unpaired) electrons. The van der Waals surface area contributed by atoms with E-state index in [4.69, 9.17) is 10.7 Å². The number of pyridine rings is 1. The molecule has 0 aliphatic carbocycles. The molecule has 0 saturated heterocycles. The lowest BCUT2D eigenvalue weighted by atomic mass is 10.1. The number of hydrogen-bond acceptors (Lipinski definition) is 4. The van der Waals surface area contributed by atoms with Crippen LogP contribution in [0.25, 0.3) is 0 Å². The van der Waals surface area contributed by atoms with Crippen LogP contribution in [0.15, 0.2) is 12.3 Å². The Labute approximate surface area is 69.6 Å². The fraction of sp³-hybridized carbons (Fsp3) is 0.125. The molecule has 0 bridgehead atoms. The van der Waals surface area contributed by atoms with E-state index < -0.39 is 0 Å². The van der Waals surface area contributed by atoms with Gasteiger partial charge in [0, 0.05) is 6.20 Å². The zero-order valence-electron chi connectivity index (χ0n) is 6.50. The van der Waals surface area contributed by atoms with E-state index in [2.05, 4.69) is 4.98 Å². The van der Waals surface area contributed by atoms with Crippen LogP contribution in [0.1, 0.15) is 11.3 Å². The predicted octanol–water partition coefficient (Wildman–Crippen LogP) is 0.987. The minimum Gasteiger partial charge on any atom is -0.505 e. The molecule has 0 aliphatic heterocycles. The van der Waals surface area contributed by atoms with E-state index in [9.17, 15) is 5.11 Å². The van der Waals surface area contributed by atoms with Gasteiger partial charge in [-0.05, 0) is 13.0 Å². The number of aromatic nitrogens is 1. The van der Waals surface area contributed by atoms with Gasteiger partial charge in [0.2, 0.25) is 0 Å². The molecule has 1 aromatic rings.